The molecule has 3 unspecified atom stereocenters. The molecular formula is C52H70N3O5+. The van der Waals surface area contributed by atoms with E-state index in [9.17, 15) is 4.79 Å². The first-order valence-corrected chi connectivity index (χ1v) is 24.7. The van der Waals surface area contributed by atoms with Crippen molar-refractivity contribution in [3.8, 4) is 0 Å². The minimum absolute atomic E-state index is 0.0326. The van der Waals surface area contributed by atoms with Gasteiger partial charge in [0.05, 0.1) is 29.6 Å². The fourth-order valence-corrected chi connectivity index (χ4v) is 18.0. The summed E-state index contributed by atoms with van der Waals surface area (Å²) in [4.78, 5) is 51.0. The van der Waals surface area contributed by atoms with E-state index < -0.39 is 22.5 Å². The summed E-state index contributed by atoms with van der Waals surface area (Å²) < 4.78 is 14.2. The molecule has 0 radical (unpaired) electrons. The van der Waals surface area contributed by atoms with E-state index in [-0.39, 0.29) is 35.1 Å². The highest BCUT2D eigenvalue weighted by Gasteiger charge is 2.95. The molecule has 15 rings (SSSR count). The number of nitrogens with two attached hydrogens (primary N) is 1. The van der Waals surface area contributed by atoms with Crippen molar-refractivity contribution >= 4 is 17.7 Å². The molecule has 1 aromatic carbocycles. The summed E-state index contributed by atoms with van der Waals surface area (Å²) in [6.45, 7) is 15.8. The van der Waals surface area contributed by atoms with Gasteiger partial charge in [0.25, 0.3) is 0 Å². The standard InChI is InChI=1S/C52H69N3O5/c1-28(2)13-16-49(5)17-14-33-23-37-29(3)20-34-11-12-39-35-22-31-25-54(27-35)30(4)21-40(56)46-50-18-15-36(43(37)45(34)55(39)26-31)44(33)51(50,48(58)59-46)41(24-49)52(50)38-10-6-8-32(9-7-19-53)42(38)47(57)60-52/h6,8,10,23,28-31,34-35,37,39,41,43,45-46H,7,9,11-22,24-27,53H2,1-5H3/p+1/t29-,30+,31+,34+,35+,37-,39+,41-,43+,45?,46-,49-,50+,51-,52+/m1/s1. The number of hydrogen-bond donors (Lipinski definition) is 2. The minimum Gasteiger partial charge on any atom is -0.453 e. The first kappa shape index (κ1) is 38.8. The molecule has 3 N–H and O–H groups in total. The molecule has 1 aromatic rings. The highest BCUT2D eigenvalue weighted by Crippen LogP contribution is 2.87. The van der Waals surface area contributed by atoms with Gasteiger partial charge < -0.3 is 20.1 Å². The largest absolute Gasteiger partial charge is 0.453 e. The lowest BCUT2D eigenvalue weighted by Crippen LogP contribution is -3.24. The first-order chi connectivity index (χ1) is 28.9. The third-order valence-corrected chi connectivity index (χ3v) is 20.2. The van der Waals surface area contributed by atoms with Gasteiger partial charge in [-0.2, -0.15) is 0 Å². The smallest absolute Gasteiger partial charge is 0.339 e. The van der Waals surface area contributed by atoms with Crippen LogP contribution in [0.1, 0.15) is 140 Å². The SMILES string of the molecule is CC(C)CC[C@]1(C)CCC2=C[C@@H]3[C@H](C)C[C@@H]4CC[C@H]5[C@H]6C[C@H]7CN(C6)[C@@H](C)CC(=O)[C@H]6OC(=O)[C@@]89C2=C(CC[C@]68[C@@]2(OC(=O)c6c(CCCN)cccc62)[C@@H]9C1)[C@@H]3C4[NH+]5C7. The fraction of sp³-hybridized carbons (Fsp3) is 0.750. The molecule has 3 spiro atoms. The molecule has 322 valence electrons. The Hall–Kier alpha value is -2.81. The van der Waals surface area contributed by atoms with Gasteiger partial charge in [0.1, 0.15) is 5.41 Å². The van der Waals surface area contributed by atoms with Gasteiger partial charge in [0.2, 0.25) is 0 Å². The summed E-state index contributed by atoms with van der Waals surface area (Å²) in [5.74, 6) is 3.24. The van der Waals surface area contributed by atoms with E-state index in [4.69, 9.17) is 15.2 Å². The van der Waals surface area contributed by atoms with Gasteiger partial charge in [-0.3, -0.25) is 14.5 Å². The Morgan fingerprint density at radius 3 is 2.70 bits per heavy atom. The highest BCUT2D eigenvalue weighted by atomic mass is 16.6. The van der Waals surface area contributed by atoms with Crippen LogP contribution in [0.15, 0.2) is 41.0 Å². The topological polar surface area (TPSA) is 103 Å². The number of allylic oxidation sites excluding steroid dienone is 2. The van der Waals surface area contributed by atoms with Gasteiger partial charge in [-0.1, -0.05) is 64.0 Å². The summed E-state index contributed by atoms with van der Waals surface area (Å²) in [5, 5.41) is 0. The Morgan fingerprint density at radius 2 is 1.88 bits per heavy atom. The molecule has 8 heteroatoms. The summed E-state index contributed by atoms with van der Waals surface area (Å²) in [7, 11) is 0. The summed E-state index contributed by atoms with van der Waals surface area (Å²) in [6, 6.07) is 7.59. The molecule has 5 aliphatic carbocycles. The number of piperidine rings is 3. The van der Waals surface area contributed by atoms with Crippen molar-refractivity contribution in [1.82, 2.24) is 4.90 Å². The van der Waals surface area contributed by atoms with Crippen LogP contribution in [0.4, 0.5) is 0 Å². The molecule has 17 atom stereocenters. The fourth-order valence-electron chi connectivity index (χ4n) is 18.0. The lowest BCUT2D eigenvalue weighted by Gasteiger charge is -2.74. The number of fused-ring (bicyclic) bond motifs is 3. The summed E-state index contributed by atoms with van der Waals surface area (Å²) in [5.41, 5.74) is 9.56. The minimum atomic E-state index is -1.14. The normalized spacial score (nSPS) is 49.0. The molecule has 6 saturated heterocycles. The number of aryl methyl sites for hydroxylation is 1. The number of rotatable bonds is 6. The second kappa shape index (κ2) is 13.1. The zero-order valence-electron chi connectivity index (χ0n) is 37.0. The molecule has 0 aromatic heterocycles. The molecule has 14 aliphatic rings. The van der Waals surface area contributed by atoms with Crippen LogP contribution in [0.2, 0.25) is 0 Å². The Bertz CT molecular complexity index is 2130. The van der Waals surface area contributed by atoms with Crippen LogP contribution in [0, 0.1) is 63.6 Å². The molecular weight excluding hydrogens is 747 g/mol. The van der Waals surface area contributed by atoms with Crippen LogP contribution in [0.3, 0.4) is 0 Å². The van der Waals surface area contributed by atoms with Crippen molar-refractivity contribution in [2.45, 2.75) is 154 Å². The van der Waals surface area contributed by atoms with Crippen LogP contribution < -0.4 is 10.6 Å². The number of nitrogens with zero attached hydrogens (tertiary/aromatic N) is 1. The summed E-state index contributed by atoms with van der Waals surface area (Å²) in [6.07, 6.45) is 15.3. The van der Waals surface area contributed by atoms with E-state index in [0.717, 1.165) is 69.2 Å². The predicted molar refractivity (Wildman–Crippen MR) is 229 cm³/mol. The van der Waals surface area contributed by atoms with Crippen molar-refractivity contribution in [3.05, 3.63) is 57.7 Å². The van der Waals surface area contributed by atoms with Crippen molar-refractivity contribution < 1.29 is 28.8 Å². The Labute approximate surface area is 357 Å². The third-order valence-electron chi connectivity index (χ3n) is 20.2. The van der Waals surface area contributed by atoms with Gasteiger partial charge in [0, 0.05) is 67.1 Å². The molecule has 12 bridgehead atoms. The van der Waals surface area contributed by atoms with Crippen LogP contribution >= 0.6 is 0 Å². The quantitative estimate of drug-likeness (QED) is 0.307. The Kier molecular flexibility index (Phi) is 8.50. The lowest BCUT2D eigenvalue weighted by molar-refractivity contribution is -0.976. The zero-order chi connectivity index (χ0) is 41.2. The number of esters is 2. The van der Waals surface area contributed by atoms with Crippen LogP contribution in [-0.4, -0.2) is 73.0 Å². The second-order valence-corrected chi connectivity index (χ2v) is 23.4. The second-order valence-electron chi connectivity index (χ2n) is 23.4. The Morgan fingerprint density at radius 1 is 1.03 bits per heavy atom. The first-order valence-electron chi connectivity index (χ1n) is 24.7. The molecule has 9 fully saturated rings. The maximum absolute atomic E-state index is 16.0. The van der Waals surface area contributed by atoms with E-state index in [1.807, 2.05) is 4.90 Å². The van der Waals surface area contributed by atoms with E-state index >= 15 is 9.59 Å². The number of Topliss-reactive ketones (excluding diaryl/α,β-unsaturated/α-hetero) is 1. The molecule has 9 aliphatic heterocycles. The number of quaternary nitrogens is 1. The lowest BCUT2D eigenvalue weighted by atomic mass is 9.26. The average molecular weight is 817 g/mol. The van der Waals surface area contributed by atoms with Gasteiger partial charge in [-0.15, -0.1) is 0 Å². The van der Waals surface area contributed by atoms with Crippen molar-refractivity contribution in [2.75, 3.05) is 26.2 Å². The predicted octanol–water partition coefficient (Wildman–Crippen LogP) is 6.75. The van der Waals surface area contributed by atoms with Crippen molar-refractivity contribution in [1.29, 1.82) is 0 Å². The average Bonchev–Trinajstić information content (AvgIpc) is 3.68. The maximum atomic E-state index is 16.0. The zero-order valence-corrected chi connectivity index (χ0v) is 37.0. The number of carbonyl (C=O) groups is 3. The van der Waals surface area contributed by atoms with Gasteiger partial charge in [-0.05, 0) is 124 Å². The van der Waals surface area contributed by atoms with E-state index in [2.05, 4.69) is 63.8 Å². The molecule has 9 heterocycles. The number of hydrogen-bond acceptors (Lipinski definition) is 7. The number of ether oxygens (including phenoxy) is 2. The summed E-state index contributed by atoms with van der Waals surface area (Å²) >= 11 is 0. The number of benzene rings is 1. The molecule has 3 saturated carbocycles. The highest BCUT2D eigenvalue weighted by molar-refractivity contribution is 6.03. The number of carbonyl (C=O) groups excluding carboxylic acids is 3. The van der Waals surface area contributed by atoms with Crippen molar-refractivity contribution in [2.24, 2.45) is 69.3 Å². The number of nitrogens with one attached hydrogen (secondary N) is 1. The molecule has 8 nitrogen and oxygen atoms in total. The maximum Gasteiger partial charge on any atom is 0.339 e. The van der Waals surface area contributed by atoms with Crippen LogP contribution in [-0.2, 0) is 31.1 Å². The molecule has 60 heavy (non-hydrogen) atoms. The van der Waals surface area contributed by atoms with Crippen LogP contribution in [0.25, 0.3) is 0 Å². The monoisotopic (exact) mass is 817 g/mol. The van der Waals surface area contributed by atoms with E-state index in [1.165, 1.54) is 43.4 Å². The van der Waals surface area contributed by atoms with E-state index in [0.29, 0.717) is 84.9 Å². The van der Waals surface area contributed by atoms with E-state index in [1.54, 1.807) is 5.57 Å². The molecule has 0 amide bonds. The van der Waals surface area contributed by atoms with Crippen LogP contribution in [0.5, 0.6) is 0 Å². The van der Waals surface area contributed by atoms with Crippen molar-refractivity contribution in [3.63, 3.8) is 0 Å². The third kappa shape index (κ3) is 4.68. The Balaban J connectivity index is 1.14. The number of ketones is 1. The van der Waals surface area contributed by atoms with Gasteiger partial charge in [-0.25, -0.2) is 4.79 Å². The van der Waals surface area contributed by atoms with Gasteiger partial charge >= 0.3 is 11.9 Å². The van der Waals surface area contributed by atoms with Gasteiger partial charge in [0.15, 0.2) is 17.5 Å².